The maximum absolute atomic E-state index is 11.4. The number of hydrogen-bond donors (Lipinski definition) is 1. The van der Waals surface area contributed by atoms with E-state index in [1.165, 1.54) is 25.7 Å². The highest BCUT2D eigenvalue weighted by molar-refractivity contribution is 5.71. The summed E-state index contributed by atoms with van der Waals surface area (Å²) < 4.78 is 10.4. The minimum Gasteiger partial charge on any atom is -0.465 e. The summed E-state index contributed by atoms with van der Waals surface area (Å²) in [6.45, 7) is 4.72. The molecule has 0 aromatic carbocycles. The Morgan fingerprint density at radius 1 is 1.35 bits per heavy atom. The molecule has 1 aliphatic carbocycles. The van der Waals surface area contributed by atoms with Crippen molar-refractivity contribution >= 4 is 5.97 Å². The normalized spacial score (nSPS) is 17.4. The third-order valence-corrected chi connectivity index (χ3v) is 3.41. The number of esters is 1. The van der Waals surface area contributed by atoms with Gasteiger partial charge in [-0.1, -0.05) is 12.8 Å². The molecule has 0 aliphatic heterocycles. The van der Waals surface area contributed by atoms with E-state index < -0.39 is 0 Å². The van der Waals surface area contributed by atoms with Gasteiger partial charge in [-0.2, -0.15) is 0 Å². The first-order valence-corrected chi connectivity index (χ1v) is 6.48. The van der Waals surface area contributed by atoms with E-state index in [0.29, 0.717) is 19.2 Å². The van der Waals surface area contributed by atoms with Gasteiger partial charge >= 0.3 is 5.97 Å². The van der Waals surface area contributed by atoms with Gasteiger partial charge in [-0.05, 0) is 26.7 Å². The minimum atomic E-state index is -0.223. The van der Waals surface area contributed by atoms with Crippen molar-refractivity contribution in [3.63, 3.8) is 0 Å². The molecule has 0 amide bonds. The Bertz CT molecular complexity index is 235. The predicted octanol–water partition coefficient (Wildman–Crippen LogP) is 1.88. The monoisotopic (exact) mass is 243 g/mol. The van der Waals surface area contributed by atoms with Crippen molar-refractivity contribution in [2.75, 3.05) is 20.3 Å². The molecule has 0 saturated heterocycles. The lowest BCUT2D eigenvalue weighted by molar-refractivity contribution is -0.144. The average molecular weight is 243 g/mol. The van der Waals surface area contributed by atoms with Gasteiger partial charge in [0, 0.05) is 19.6 Å². The fraction of sp³-hybridized carbons (Fsp3) is 0.923. The molecule has 0 atom stereocenters. The van der Waals surface area contributed by atoms with E-state index >= 15 is 0 Å². The second-order valence-electron chi connectivity index (χ2n) is 5.30. The highest BCUT2D eigenvalue weighted by atomic mass is 16.5. The molecule has 0 aromatic rings. The summed E-state index contributed by atoms with van der Waals surface area (Å²) in [4.78, 5) is 11.4. The van der Waals surface area contributed by atoms with E-state index in [0.717, 1.165) is 6.42 Å². The molecule has 0 spiro atoms. The van der Waals surface area contributed by atoms with Crippen LogP contribution in [0.1, 0.15) is 46.0 Å². The van der Waals surface area contributed by atoms with Crippen LogP contribution in [0.15, 0.2) is 0 Å². The number of methoxy groups -OCH3 is 1. The third-order valence-electron chi connectivity index (χ3n) is 3.41. The van der Waals surface area contributed by atoms with Crippen LogP contribution in [0.25, 0.3) is 0 Å². The van der Waals surface area contributed by atoms with E-state index in [1.54, 1.807) is 7.11 Å². The molecule has 0 unspecified atom stereocenters. The number of carbonyl (C=O) groups excluding carboxylic acids is 1. The Hall–Kier alpha value is -0.610. The van der Waals surface area contributed by atoms with Crippen LogP contribution in [0.4, 0.5) is 0 Å². The lowest BCUT2D eigenvalue weighted by Crippen LogP contribution is -2.33. The molecule has 100 valence electrons. The van der Waals surface area contributed by atoms with Crippen LogP contribution in [-0.4, -0.2) is 37.9 Å². The summed E-state index contributed by atoms with van der Waals surface area (Å²) in [5.41, 5.74) is -0.223. The quantitative estimate of drug-likeness (QED) is 0.694. The van der Waals surface area contributed by atoms with E-state index in [4.69, 9.17) is 9.47 Å². The van der Waals surface area contributed by atoms with Gasteiger partial charge < -0.3 is 14.8 Å². The van der Waals surface area contributed by atoms with Crippen LogP contribution in [0, 0.1) is 0 Å². The molecule has 4 heteroatoms. The second kappa shape index (κ2) is 6.97. The van der Waals surface area contributed by atoms with Crippen molar-refractivity contribution in [2.24, 2.45) is 0 Å². The lowest BCUT2D eigenvalue weighted by atomic mass is 10.1. The first-order valence-electron chi connectivity index (χ1n) is 6.48. The highest BCUT2D eigenvalue weighted by Crippen LogP contribution is 2.17. The molecule has 0 aromatic heterocycles. The Balaban J connectivity index is 2.04. The van der Waals surface area contributed by atoms with Crippen molar-refractivity contribution in [3.05, 3.63) is 0 Å². The van der Waals surface area contributed by atoms with Gasteiger partial charge in [0.05, 0.1) is 18.8 Å². The van der Waals surface area contributed by atoms with Crippen LogP contribution < -0.4 is 5.32 Å². The molecule has 4 nitrogen and oxygen atoms in total. The van der Waals surface area contributed by atoms with Crippen molar-refractivity contribution in [3.8, 4) is 0 Å². The SMILES string of the molecule is COC(C)(C)CCOC(=O)CNC1CCCC1. The molecule has 0 bridgehead atoms. The standard InChI is InChI=1S/C13H25NO3/c1-13(2,16-3)8-9-17-12(15)10-14-11-6-4-5-7-11/h11,14H,4-10H2,1-3H3. The minimum absolute atomic E-state index is 0.163. The fourth-order valence-corrected chi connectivity index (χ4v) is 1.92. The van der Waals surface area contributed by atoms with Crippen LogP contribution in [-0.2, 0) is 14.3 Å². The van der Waals surface area contributed by atoms with Gasteiger partial charge in [-0.3, -0.25) is 4.79 Å². The molecular weight excluding hydrogens is 218 g/mol. The largest absolute Gasteiger partial charge is 0.465 e. The Morgan fingerprint density at radius 3 is 2.59 bits per heavy atom. The molecule has 0 radical (unpaired) electrons. The predicted molar refractivity (Wildman–Crippen MR) is 66.9 cm³/mol. The molecule has 1 fully saturated rings. The maximum Gasteiger partial charge on any atom is 0.319 e. The molecule has 1 aliphatic rings. The summed E-state index contributed by atoms with van der Waals surface area (Å²) in [5.74, 6) is -0.163. The Labute approximate surface area is 104 Å². The van der Waals surface area contributed by atoms with Crippen LogP contribution >= 0.6 is 0 Å². The van der Waals surface area contributed by atoms with Crippen molar-refractivity contribution in [1.29, 1.82) is 0 Å². The number of rotatable bonds is 7. The third kappa shape index (κ3) is 6.03. The summed E-state index contributed by atoms with van der Waals surface area (Å²) in [5, 5.41) is 3.24. The lowest BCUT2D eigenvalue weighted by Gasteiger charge is -2.22. The van der Waals surface area contributed by atoms with Crippen molar-refractivity contribution in [2.45, 2.75) is 57.6 Å². The summed E-state index contributed by atoms with van der Waals surface area (Å²) in [6.07, 6.45) is 5.64. The number of nitrogens with one attached hydrogen (secondary N) is 1. The van der Waals surface area contributed by atoms with Gasteiger partial charge in [0.25, 0.3) is 0 Å². The Morgan fingerprint density at radius 2 is 2.00 bits per heavy atom. The van der Waals surface area contributed by atoms with E-state index in [2.05, 4.69) is 5.32 Å². The topological polar surface area (TPSA) is 47.6 Å². The first-order chi connectivity index (χ1) is 8.03. The van der Waals surface area contributed by atoms with Gasteiger partial charge in [0.2, 0.25) is 0 Å². The zero-order valence-electron chi connectivity index (χ0n) is 11.3. The van der Waals surface area contributed by atoms with Gasteiger partial charge in [0.15, 0.2) is 0 Å². The number of ether oxygens (including phenoxy) is 2. The molecule has 17 heavy (non-hydrogen) atoms. The van der Waals surface area contributed by atoms with Gasteiger partial charge in [-0.15, -0.1) is 0 Å². The molecule has 0 heterocycles. The van der Waals surface area contributed by atoms with Gasteiger partial charge in [0.1, 0.15) is 0 Å². The molecule has 1 saturated carbocycles. The zero-order chi connectivity index (χ0) is 12.7. The van der Waals surface area contributed by atoms with E-state index in [1.807, 2.05) is 13.8 Å². The molecule has 1 N–H and O–H groups in total. The second-order valence-corrected chi connectivity index (χ2v) is 5.30. The van der Waals surface area contributed by atoms with Crippen LogP contribution in [0.2, 0.25) is 0 Å². The van der Waals surface area contributed by atoms with Crippen LogP contribution in [0.5, 0.6) is 0 Å². The first kappa shape index (κ1) is 14.5. The summed E-state index contributed by atoms with van der Waals surface area (Å²) >= 11 is 0. The summed E-state index contributed by atoms with van der Waals surface area (Å²) in [7, 11) is 1.67. The van der Waals surface area contributed by atoms with E-state index in [9.17, 15) is 4.79 Å². The smallest absolute Gasteiger partial charge is 0.319 e. The zero-order valence-corrected chi connectivity index (χ0v) is 11.3. The Kier molecular flexibility index (Phi) is 5.92. The van der Waals surface area contributed by atoms with Gasteiger partial charge in [-0.25, -0.2) is 0 Å². The summed E-state index contributed by atoms with van der Waals surface area (Å²) in [6, 6.07) is 0.512. The average Bonchev–Trinajstić information content (AvgIpc) is 2.79. The number of hydrogen-bond acceptors (Lipinski definition) is 4. The highest BCUT2D eigenvalue weighted by Gasteiger charge is 2.18. The molecule has 1 rings (SSSR count). The van der Waals surface area contributed by atoms with Crippen molar-refractivity contribution < 1.29 is 14.3 Å². The van der Waals surface area contributed by atoms with E-state index in [-0.39, 0.29) is 11.6 Å². The number of carbonyl (C=O) groups is 1. The van der Waals surface area contributed by atoms with Crippen LogP contribution in [0.3, 0.4) is 0 Å². The molecular formula is C13H25NO3. The van der Waals surface area contributed by atoms with Crippen molar-refractivity contribution in [1.82, 2.24) is 5.32 Å². The fourth-order valence-electron chi connectivity index (χ4n) is 1.92. The maximum atomic E-state index is 11.4.